The van der Waals surface area contributed by atoms with E-state index in [-0.39, 0.29) is 18.4 Å². The van der Waals surface area contributed by atoms with Gasteiger partial charge >= 0.3 is 0 Å². The molecule has 0 spiro atoms. The van der Waals surface area contributed by atoms with E-state index in [1.807, 2.05) is 12.1 Å². The van der Waals surface area contributed by atoms with Crippen LogP contribution in [0.25, 0.3) is 16.7 Å². The van der Waals surface area contributed by atoms with Crippen molar-refractivity contribution < 1.29 is 21.7 Å². The summed E-state index contributed by atoms with van der Waals surface area (Å²) in [4.78, 5) is 0. The van der Waals surface area contributed by atoms with Crippen LogP contribution in [0.2, 0.25) is 0 Å². The number of fused-ring (bicyclic) bond motifs is 1. The van der Waals surface area contributed by atoms with E-state index in [0.29, 0.717) is 6.61 Å². The Bertz CT molecular complexity index is 967. The monoisotopic (exact) mass is 364 g/mol. The summed E-state index contributed by atoms with van der Waals surface area (Å²) in [5, 5.41) is 0. The summed E-state index contributed by atoms with van der Waals surface area (Å²) in [5.41, 5.74) is 4.77. The maximum Gasteiger partial charge on any atom is 0.250 e. The molecular weight excluding hydrogens is 344 g/mol. The first-order valence-corrected chi connectivity index (χ1v) is 8.49. The van der Waals surface area contributed by atoms with Gasteiger partial charge < -0.3 is 17.1 Å². The number of para-hydroxylation sites is 3. The first-order valence-electron chi connectivity index (χ1n) is 8.49. The van der Waals surface area contributed by atoms with E-state index in [2.05, 4.69) is 88.3 Å². The van der Waals surface area contributed by atoms with Crippen LogP contribution in [0.4, 0.5) is 0 Å². The number of nitrogens with zero attached hydrogens (tertiary/aromatic N) is 2. The standard InChI is InChI=1S/C22H21N2O.ClH/c1-25-16-22(18-10-4-2-5-11-18)24-17-23(19-12-6-3-7-13-19)20-14-8-9-15-21(20)24;/h2-15,17,22H,16H2,1H3;1H/q+1;/p-1/t22-;/m0./s1. The molecule has 0 fully saturated rings. The lowest BCUT2D eigenvalue weighted by molar-refractivity contribution is -0.691. The van der Waals surface area contributed by atoms with Gasteiger partial charge in [0.25, 0.3) is 6.33 Å². The van der Waals surface area contributed by atoms with Crippen molar-refractivity contribution in [1.82, 2.24) is 4.57 Å². The van der Waals surface area contributed by atoms with E-state index >= 15 is 0 Å². The lowest BCUT2D eigenvalue weighted by Crippen LogP contribution is -3.00. The molecule has 0 saturated heterocycles. The number of ether oxygens (including phenoxy) is 1. The summed E-state index contributed by atoms with van der Waals surface area (Å²) >= 11 is 0. The number of methoxy groups -OCH3 is 1. The van der Waals surface area contributed by atoms with Crippen LogP contribution in [0, 0.1) is 0 Å². The summed E-state index contributed by atoms with van der Waals surface area (Å²) in [6, 6.07) is 29.6. The second kappa shape index (κ2) is 8.17. The quantitative estimate of drug-likeness (QED) is 0.486. The zero-order valence-electron chi connectivity index (χ0n) is 14.6. The molecule has 1 heterocycles. The smallest absolute Gasteiger partial charge is 0.250 e. The van der Waals surface area contributed by atoms with Crippen LogP contribution in [0.5, 0.6) is 0 Å². The van der Waals surface area contributed by atoms with Gasteiger partial charge in [0.1, 0.15) is 11.7 Å². The maximum absolute atomic E-state index is 5.55. The van der Waals surface area contributed by atoms with E-state index in [0.717, 1.165) is 5.69 Å². The van der Waals surface area contributed by atoms with Crippen molar-refractivity contribution >= 4 is 11.0 Å². The topological polar surface area (TPSA) is 18.0 Å². The van der Waals surface area contributed by atoms with E-state index in [4.69, 9.17) is 4.74 Å². The van der Waals surface area contributed by atoms with Gasteiger partial charge in [-0.1, -0.05) is 60.7 Å². The van der Waals surface area contributed by atoms with E-state index in [1.165, 1.54) is 16.6 Å². The summed E-state index contributed by atoms with van der Waals surface area (Å²) in [7, 11) is 1.76. The van der Waals surface area contributed by atoms with Crippen LogP contribution in [0.3, 0.4) is 0 Å². The van der Waals surface area contributed by atoms with Crippen molar-refractivity contribution in [2.24, 2.45) is 0 Å². The second-order valence-corrected chi connectivity index (χ2v) is 6.10. The number of benzene rings is 3. The Hall–Kier alpha value is -2.62. The SMILES string of the molecule is COC[C@@H](c1ccccc1)[n+]1cn(-c2ccccc2)c2ccccc21.[Cl-]. The first-order chi connectivity index (χ1) is 12.4. The van der Waals surface area contributed by atoms with Gasteiger partial charge in [0.05, 0.1) is 6.61 Å². The zero-order valence-corrected chi connectivity index (χ0v) is 15.4. The van der Waals surface area contributed by atoms with Crippen LogP contribution in [0.1, 0.15) is 11.6 Å². The number of rotatable bonds is 5. The van der Waals surface area contributed by atoms with Crippen LogP contribution in [-0.4, -0.2) is 18.3 Å². The Balaban J connectivity index is 0.00000196. The number of aromatic nitrogens is 2. The minimum absolute atomic E-state index is 0. The summed E-state index contributed by atoms with van der Waals surface area (Å²) in [6.45, 7) is 0.622. The molecule has 0 aliphatic carbocycles. The third-order valence-electron chi connectivity index (χ3n) is 4.54. The lowest BCUT2D eigenvalue weighted by atomic mass is 10.1. The summed E-state index contributed by atoms with van der Waals surface area (Å²) < 4.78 is 10.1. The minimum atomic E-state index is 0. The molecule has 4 heteroatoms. The molecule has 3 nitrogen and oxygen atoms in total. The van der Waals surface area contributed by atoms with Crippen molar-refractivity contribution in [3.05, 3.63) is 96.8 Å². The van der Waals surface area contributed by atoms with Gasteiger partial charge in [-0.2, -0.15) is 4.57 Å². The number of halogens is 1. The molecule has 0 bridgehead atoms. The Morgan fingerprint density at radius 2 is 1.46 bits per heavy atom. The Kier molecular flexibility index (Phi) is 5.71. The highest BCUT2D eigenvalue weighted by Crippen LogP contribution is 2.21. The molecule has 0 aliphatic rings. The Labute approximate surface area is 159 Å². The predicted octanol–water partition coefficient (Wildman–Crippen LogP) is 1.16. The fourth-order valence-corrected chi connectivity index (χ4v) is 3.35. The molecule has 0 radical (unpaired) electrons. The van der Waals surface area contributed by atoms with Crippen molar-refractivity contribution in [3.63, 3.8) is 0 Å². The van der Waals surface area contributed by atoms with Crippen LogP contribution in [-0.2, 0) is 4.74 Å². The fourth-order valence-electron chi connectivity index (χ4n) is 3.35. The molecule has 4 aromatic rings. The van der Waals surface area contributed by atoms with Gasteiger partial charge in [-0.3, -0.25) is 0 Å². The molecule has 1 aromatic heterocycles. The average Bonchev–Trinajstić information content (AvgIpc) is 3.07. The Morgan fingerprint density at radius 3 is 2.15 bits per heavy atom. The largest absolute Gasteiger partial charge is 1.00 e. The average molecular weight is 365 g/mol. The lowest BCUT2D eigenvalue weighted by Gasteiger charge is -2.14. The van der Waals surface area contributed by atoms with E-state index < -0.39 is 0 Å². The van der Waals surface area contributed by atoms with E-state index in [9.17, 15) is 0 Å². The van der Waals surface area contributed by atoms with Gasteiger partial charge in [0.15, 0.2) is 11.0 Å². The second-order valence-electron chi connectivity index (χ2n) is 6.10. The van der Waals surface area contributed by atoms with Crippen LogP contribution < -0.4 is 17.0 Å². The number of imidazole rings is 1. The van der Waals surface area contributed by atoms with Crippen molar-refractivity contribution in [3.8, 4) is 5.69 Å². The molecule has 0 aliphatic heterocycles. The third kappa shape index (κ3) is 3.36. The van der Waals surface area contributed by atoms with Gasteiger partial charge in [0, 0.05) is 7.11 Å². The van der Waals surface area contributed by atoms with Crippen molar-refractivity contribution in [1.29, 1.82) is 0 Å². The van der Waals surface area contributed by atoms with Crippen LogP contribution in [0.15, 0.2) is 91.3 Å². The van der Waals surface area contributed by atoms with Crippen LogP contribution >= 0.6 is 0 Å². The van der Waals surface area contributed by atoms with Gasteiger partial charge in [0.2, 0.25) is 0 Å². The molecule has 1 atom stereocenters. The van der Waals surface area contributed by atoms with Gasteiger partial charge in [-0.25, -0.2) is 4.57 Å². The zero-order chi connectivity index (χ0) is 17.1. The molecule has 0 N–H and O–H groups in total. The van der Waals surface area contributed by atoms with Gasteiger partial charge in [-0.05, 0) is 29.8 Å². The molecule has 0 unspecified atom stereocenters. The van der Waals surface area contributed by atoms with Crippen molar-refractivity contribution in [2.75, 3.05) is 13.7 Å². The molecule has 26 heavy (non-hydrogen) atoms. The molecule has 0 saturated carbocycles. The molecule has 132 valence electrons. The molecule has 0 amide bonds. The highest BCUT2D eigenvalue weighted by molar-refractivity contribution is 5.74. The number of hydrogen-bond donors (Lipinski definition) is 0. The van der Waals surface area contributed by atoms with E-state index in [1.54, 1.807) is 7.11 Å². The molecule has 3 aromatic carbocycles. The van der Waals surface area contributed by atoms with Crippen molar-refractivity contribution in [2.45, 2.75) is 6.04 Å². The Morgan fingerprint density at radius 1 is 0.846 bits per heavy atom. The minimum Gasteiger partial charge on any atom is -1.00 e. The molecular formula is C22H21ClN2O. The normalized spacial score (nSPS) is 11.9. The maximum atomic E-state index is 5.55. The summed E-state index contributed by atoms with van der Waals surface area (Å²) in [6.07, 6.45) is 2.18. The third-order valence-corrected chi connectivity index (χ3v) is 4.54. The summed E-state index contributed by atoms with van der Waals surface area (Å²) in [5.74, 6) is 0. The molecule has 4 rings (SSSR count). The highest BCUT2D eigenvalue weighted by Gasteiger charge is 2.25. The predicted molar refractivity (Wildman–Crippen MR) is 99.9 cm³/mol. The fraction of sp³-hybridized carbons (Fsp3) is 0.136. The first kappa shape index (κ1) is 18.2. The number of hydrogen-bond acceptors (Lipinski definition) is 1. The highest BCUT2D eigenvalue weighted by atomic mass is 35.5. The van der Waals surface area contributed by atoms with Gasteiger partial charge in [-0.15, -0.1) is 0 Å².